The van der Waals surface area contributed by atoms with Crippen LogP contribution in [0.3, 0.4) is 0 Å². The number of aromatic amines is 1. The van der Waals surface area contributed by atoms with Crippen molar-refractivity contribution in [2.75, 3.05) is 11.4 Å². The number of fused-ring (bicyclic) bond motifs is 1. The van der Waals surface area contributed by atoms with Crippen molar-refractivity contribution in [1.29, 1.82) is 0 Å². The van der Waals surface area contributed by atoms with E-state index in [0.29, 0.717) is 13.0 Å². The van der Waals surface area contributed by atoms with Gasteiger partial charge in [-0.1, -0.05) is 24.3 Å². The Hall–Kier alpha value is -4.19. The zero-order valence-electron chi connectivity index (χ0n) is 19.0. The summed E-state index contributed by atoms with van der Waals surface area (Å²) < 4.78 is 2.14. The van der Waals surface area contributed by atoms with Gasteiger partial charge in [0, 0.05) is 60.1 Å². The minimum Gasteiger partial charge on any atom is -0.346 e. The van der Waals surface area contributed by atoms with Crippen LogP contribution in [0.4, 0.5) is 5.69 Å². The molecule has 1 amide bonds. The molecule has 6 nitrogen and oxygen atoms in total. The summed E-state index contributed by atoms with van der Waals surface area (Å²) in [7, 11) is 0. The molecule has 5 aromatic rings. The summed E-state index contributed by atoms with van der Waals surface area (Å²) in [6.07, 6.45) is 9.55. The Balaban J connectivity index is 1.22. The Morgan fingerprint density at radius 2 is 1.79 bits per heavy atom. The maximum absolute atomic E-state index is 12.0. The topological polar surface area (TPSA) is 66.8 Å². The number of nitrogens with zero attached hydrogens (tertiary/aromatic N) is 4. The van der Waals surface area contributed by atoms with E-state index < -0.39 is 0 Å². The third-order valence-corrected chi connectivity index (χ3v) is 6.50. The molecule has 2 aromatic carbocycles. The molecule has 168 valence electrons. The van der Waals surface area contributed by atoms with Crippen LogP contribution in [0.15, 0.2) is 79.4 Å². The Labute approximate surface area is 197 Å². The monoisotopic (exact) mass is 447 g/mol. The Morgan fingerprint density at radius 3 is 2.56 bits per heavy atom. The van der Waals surface area contributed by atoms with Crippen LogP contribution in [0.25, 0.3) is 33.3 Å². The number of imidazole rings is 1. The van der Waals surface area contributed by atoms with Crippen molar-refractivity contribution in [2.45, 2.75) is 26.3 Å². The molecular formula is C28H25N5O. The fourth-order valence-corrected chi connectivity index (χ4v) is 4.69. The van der Waals surface area contributed by atoms with E-state index in [1.807, 2.05) is 35.5 Å². The minimum atomic E-state index is 0.207. The van der Waals surface area contributed by atoms with Crippen LogP contribution < -0.4 is 4.90 Å². The highest BCUT2D eigenvalue weighted by atomic mass is 16.2. The van der Waals surface area contributed by atoms with Crippen molar-refractivity contribution in [1.82, 2.24) is 19.5 Å². The van der Waals surface area contributed by atoms with Crippen LogP contribution in [0.1, 0.15) is 24.2 Å². The van der Waals surface area contributed by atoms with Gasteiger partial charge in [0.15, 0.2) is 0 Å². The third kappa shape index (κ3) is 3.77. The summed E-state index contributed by atoms with van der Waals surface area (Å²) in [6, 6.07) is 18.6. The Kier molecular flexibility index (Phi) is 4.99. The van der Waals surface area contributed by atoms with Gasteiger partial charge in [-0.25, -0.2) is 4.98 Å². The Morgan fingerprint density at radius 1 is 0.971 bits per heavy atom. The number of amides is 1. The molecule has 3 aromatic heterocycles. The number of carbonyl (C=O) groups is 1. The SMILES string of the molecule is Cc1cccc2[nH]c(Cn3ccc(-c4cncc(-c5ccc(N6CCCC6=O)cc5)c4)c3)nc12. The van der Waals surface area contributed by atoms with Crippen molar-refractivity contribution >= 4 is 22.6 Å². The van der Waals surface area contributed by atoms with Gasteiger partial charge in [0.25, 0.3) is 0 Å². The van der Waals surface area contributed by atoms with Crippen LogP contribution in [-0.2, 0) is 11.3 Å². The molecule has 0 unspecified atom stereocenters. The fraction of sp³-hybridized carbons (Fsp3) is 0.179. The van der Waals surface area contributed by atoms with E-state index >= 15 is 0 Å². The van der Waals surface area contributed by atoms with E-state index in [1.165, 1.54) is 5.56 Å². The number of para-hydroxylation sites is 1. The number of benzene rings is 2. The highest BCUT2D eigenvalue weighted by Gasteiger charge is 2.21. The lowest BCUT2D eigenvalue weighted by atomic mass is 10.0. The van der Waals surface area contributed by atoms with Gasteiger partial charge in [-0.2, -0.15) is 0 Å². The summed E-state index contributed by atoms with van der Waals surface area (Å²) >= 11 is 0. The Bertz CT molecular complexity index is 1500. The molecule has 1 aliphatic heterocycles. The average molecular weight is 448 g/mol. The number of hydrogen-bond acceptors (Lipinski definition) is 3. The largest absolute Gasteiger partial charge is 0.346 e. The van der Waals surface area contributed by atoms with Gasteiger partial charge in [0.2, 0.25) is 5.91 Å². The molecule has 1 N–H and O–H groups in total. The summed E-state index contributed by atoms with van der Waals surface area (Å²) in [6.45, 7) is 3.57. The molecule has 1 fully saturated rings. The first kappa shape index (κ1) is 20.4. The third-order valence-electron chi connectivity index (χ3n) is 6.50. The number of anilines is 1. The average Bonchev–Trinajstić information content (AvgIpc) is 3.60. The van der Waals surface area contributed by atoms with Crippen molar-refractivity contribution in [2.24, 2.45) is 0 Å². The van der Waals surface area contributed by atoms with Crippen molar-refractivity contribution in [3.8, 4) is 22.3 Å². The van der Waals surface area contributed by atoms with Gasteiger partial charge < -0.3 is 14.5 Å². The van der Waals surface area contributed by atoms with E-state index in [-0.39, 0.29) is 5.91 Å². The molecule has 1 aliphatic rings. The molecule has 1 saturated heterocycles. The smallest absolute Gasteiger partial charge is 0.227 e. The predicted molar refractivity (Wildman–Crippen MR) is 135 cm³/mol. The van der Waals surface area contributed by atoms with Crippen LogP contribution in [0.2, 0.25) is 0 Å². The number of H-pyrrole nitrogens is 1. The molecule has 0 radical (unpaired) electrons. The second-order valence-electron chi connectivity index (χ2n) is 8.89. The van der Waals surface area contributed by atoms with E-state index in [9.17, 15) is 4.79 Å². The van der Waals surface area contributed by atoms with Crippen LogP contribution >= 0.6 is 0 Å². The second-order valence-corrected chi connectivity index (χ2v) is 8.89. The quantitative estimate of drug-likeness (QED) is 0.383. The van der Waals surface area contributed by atoms with E-state index in [2.05, 4.69) is 70.3 Å². The van der Waals surface area contributed by atoms with E-state index in [0.717, 1.165) is 57.8 Å². The minimum absolute atomic E-state index is 0.207. The molecule has 34 heavy (non-hydrogen) atoms. The summed E-state index contributed by atoms with van der Waals surface area (Å²) in [4.78, 5) is 26.6. The molecule has 0 spiro atoms. The number of hydrogen-bond donors (Lipinski definition) is 1. The van der Waals surface area contributed by atoms with Crippen molar-refractivity contribution < 1.29 is 4.79 Å². The fourth-order valence-electron chi connectivity index (χ4n) is 4.69. The zero-order chi connectivity index (χ0) is 23.1. The van der Waals surface area contributed by atoms with Crippen molar-refractivity contribution in [3.05, 3.63) is 90.8 Å². The first-order valence-corrected chi connectivity index (χ1v) is 11.6. The maximum Gasteiger partial charge on any atom is 0.227 e. The number of pyridine rings is 1. The predicted octanol–water partition coefficient (Wildman–Crippen LogP) is 5.58. The summed E-state index contributed by atoms with van der Waals surface area (Å²) in [5.74, 6) is 1.15. The molecular weight excluding hydrogens is 422 g/mol. The summed E-state index contributed by atoms with van der Waals surface area (Å²) in [5, 5.41) is 0. The zero-order valence-corrected chi connectivity index (χ0v) is 19.0. The lowest BCUT2D eigenvalue weighted by Gasteiger charge is -2.16. The number of aromatic nitrogens is 4. The van der Waals surface area contributed by atoms with E-state index in [4.69, 9.17) is 4.98 Å². The first-order valence-electron chi connectivity index (χ1n) is 11.6. The van der Waals surface area contributed by atoms with Gasteiger partial charge in [0.1, 0.15) is 5.82 Å². The molecule has 6 heteroatoms. The van der Waals surface area contributed by atoms with Gasteiger partial charge >= 0.3 is 0 Å². The first-order chi connectivity index (χ1) is 16.6. The van der Waals surface area contributed by atoms with E-state index in [1.54, 1.807) is 0 Å². The van der Waals surface area contributed by atoms with Crippen LogP contribution in [0, 0.1) is 6.92 Å². The standard InChI is InChI=1S/C28H25N5O/c1-19-4-2-5-25-28(19)31-26(30-25)18-32-13-11-21(17-32)23-14-22(15-29-16-23)20-7-9-24(10-8-20)33-12-3-6-27(33)34/h2,4-5,7-11,13-17H,3,6,12,18H2,1H3,(H,30,31). The molecule has 0 bridgehead atoms. The highest BCUT2D eigenvalue weighted by Crippen LogP contribution is 2.29. The number of aryl methyl sites for hydroxylation is 1. The number of rotatable bonds is 5. The molecule has 0 saturated carbocycles. The van der Waals surface area contributed by atoms with Crippen LogP contribution in [0.5, 0.6) is 0 Å². The molecule has 0 aliphatic carbocycles. The highest BCUT2D eigenvalue weighted by molar-refractivity contribution is 5.95. The van der Waals surface area contributed by atoms with Gasteiger partial charge in [-0.15, -0.1) is 0 Å². The van der Waals surface area contributed by atoms with Gasteiger partial charge in [0.05, 0.1) is 17.6 Å². The van der Waals surface area contributed by atoms with Crippen molar-refractivity contribution in [3.63, 3.8) is 0 Å². The molecule has 0 atom stereocenters. The molecule has 4 heterocycles. The van der Waals surface area contributed by atoms with Gasteiger partial charge in [-0.05, 0) is 54.8 Å². The number of carbonyl (C=O) groups excluding carboxylic acids is 1. The molecule has 6 rings (SSSR count). The summed E-state index contributed by atoms with van der Waals surface area (Å²) in [5.41, 5.74) is 8.56. The maximum atomic E-state index is 12.0. The normalized spacial score (nSPS) is 13.8. The van der Waals surface area contributed by atoms with Crippen LogP contribution in [-0.4, -0.2) is 32.0 Å². The lowest BCUT2D eigenvalue weighted by Crippen LogP contribution is -2.23. The second kappa shape index (κ2) is 8.30. The number of nitrogens with one attached hydrogen (secondary N) is 1. The van der Waals surface area contributed by atoms with Gasteiger partial charge in [-0.3, -0.25) is 9.78 Å². The lowest BCUT2D eigenvalue weighted by molar-refractivity contribution is -0.117.